The molecule has 0 fully saturated rings. The van der Waals surface area contributed by atoms with Crippen molar-refractivity contribution in [3.63, 3.8) is 0 Å². The fraction of sp³-hybridized carbons (Fsp3) is 0.0500. The van der Waals surface area contributed by atoms with E-state index in [1.165, 1.54) is 6.07 Å². The Balaban J connectivity index is 1.91. The molecule has 7 heteroatoms. The van der Waals surface area contributed by atoms with Crippen molar-refractivity contribution < 1.29 is 4.92 Å². The first-order valence-electron chi connectivity index (χ1n) is 8.29. The normalized spacial score (nSPS) is 11.0. The molecule has 0 saturated carbocycles. The number of nitro benzene ring substituents is 1. The van der Waals surface area contributed by atoms with Crippen molar-refractivity contribution in [2.45, 2.75) is 6.54 Å². The number of hydrogen-bond acceptors (Lipinski definition) is 4. The van der Waals surface area contributed by atoms with E-state index in [-0.39, 0.29) is 11.5 Å². The van der Waals surface area contributed by atoms with Gasteiger partial charge < -0.3 is 4.57 Å². The van der Waals surface area contributed by atoms with Gasteiger partial charge in [-0.3, -0.25) is 15.5 Å². The van der Waals surface area contributed by atoms with Crippen molar-refractivity contribution in [3.8, 4) is 0 Å². The monoisotopic (exact) mass is 357 g/mol. The standard InChI is InChI=1S/C20H15N5O2/c21-20(23-22)14-8-9-19-17(11-14)16-6-1-2-7-18(16)24(19)12-13-4-3-5-15(10-13)25(26)27/h1-11,21-22H,12H2. The topological polar surface area (TPSA) is 108 Å². The fourth-order valence-corrected chi connectivity index (χ4v) is 3.39. The second kappa shape index (κ2) is 6.45. The number of para-hydroxylation sites is 1. The van der Waals surface area contributed by atoms with Crippen LogP contribution in [0.3, 0.4) is 0 Å². The van der Waals surface area contributed by atoms with Crippen LogP contribution < -0.4 is 0 Å². The number of nitrogens with zero attached hydrogens (tertiary/aromatic N) is 3. The van der Waals surface area contributed by atoms with E-state index in [0.29, 0.717) is 12.1 Å². The van der Waals surface area contributed by atoms with Gasteiger partial charge in [0.25, 0.3) is 5.69 Å². The number of rotatable bonds is 4. The van der Waals surface area contributed by atoms with Gasteiger partial charge in [-0.05, 0) is 29.8 Å². The van der Waals surface area contributed by atoms with Crippen LogP contribution in [0.5, 0.6) is 0 Å². The molecule has 0 aliphatic carbocycles. The minimum absolute atomic E-state index is 0.0704. The van der Waals surface area contributed by atoms with Crippen molar-refractivity contribution in [1.82, 2.24) is 4.57 Å². The maximum atomic E-state index is 11.1. The van der Waals surface area contributed by atoms with Crippen LogP contribution >= 0.6 is 0 Å². The first-order chi connectivity index (χ1) is 13.1. The van der Waals surface area contributed by atoms with Gasteiger partial charge in [0.15, 0.2) is 5.84 Å². The van der Waals surface area contributed by atoms with Crippen LogP contribution in [0.2, 0.25) is 0 Å². The zero-order chi connectivity index (χ0) is 19.0. The van der Waals surface area contributed by atoms with E-state index in [0.717, 1.165) is 27.4 Å². The highest BCUT2D eigenvalue weighted by Gasteiger charge is 2.13. The molecule has 0 spiro atoms. The van der Waals surface area contributed by atoms with Crippen LogP contribution in [-0.2, 0) is 6.54 Å². The summed E-state index contributed by atoms with van der Waals surface area (Å²) in [5.41, 5.74) is 10.5. The summed E-state index contributed by atoms with van der Waals surface area (Å²) in [6, 6.07) is 20.1. The summed E-state index contributed by atoms with van der Waals surface area (Å²) in [4.78, 5) is 10.7. The Hall–Kier alpha value is -3.87. The third-order valence-corrected chi connectivity index (χ3v) is 4.62. The molecule has 4 rings (SSSR count). The van der Waals surface area contributed by atoms with Crippen molar-refractivity contribution >= 4 is 33.3 Å². The van der Waals surface area contributed by atoms with Crippen LogP contribution in [0.25, 0.3) is 21.8 Å². The highest BCUT2D eigenvalue weighted by atomic mass is 16.6. The molecule has 0 bridgehead atoms. The molecule has 1 heterocycles. The molecule has 7 nitrogen and oxygen atoms in total. The molecule has 0 amide bonds. The van der Waals surface area contributed by atoms with E-state index in [9.17, 15) is 10.1 Å². The molecule has 2 N–H and O–H groups in total. The summed E-state index contributed by atoms with van der Waals surface area (Å²) in [6.07, 6.45) is 0. The maximum absolute atomic E-state index is 11.1. The van der Waals surface area contributed by atoms with Crippen LogP contribution in [0.15, 0.2) is 71.8 Å². The molecule has 0 aliphatic heterocycles. The quantitative estimate of drug-likeness (QED) is 0.174. The first-order valence-corrected chi connectivity index (χ1v) is 8.29. The van der Waals surface area contributed by atoms with Crippen LogP contribution in [0, 0.1) is 21.1 Å². The Morgan fingerprint density at radius 3 is 2.56 bits per heavy atom. The molecule has 27 heavy (non-hydrogen) atoms. The van der Waals surface area contributed by atoms with E-state index >= 15 is 0 Å². The van der Waals surface area contributed by atoms with Crippen LogP contribution in [-0.4, -0.2) is 15.3 Å². The smallest absolute Gasteiger partial charge is 0.269 e. The van der Waals surface area contributed by atoms with Gasteiger partial charge in [-0.25, -0.2) is 5.53 Å². The molecule has 0 atom stereocenters. The molecule has 3 aromatic carbocycles. The van der Waals surface area contributed by atoms with E-state index in [1.54, 1.807) is 18.2 Å². The molecule has 0 aliphatic rings. The minimum atomic E-state index is -0.391. The number of nitrogens with one attached hydrogen (secondary N) is 2. The summed E-state index contributed by atoms with van der Waals surface area (Å²) in [5.74, 6) is -0.0904. The predicted octanol–water partition coefficient (Wildman–Crippen LogP) is 5.11. The van der Waals surface area contributed by atoms with Gasteiger partial charge in [0.2, 0.25) is 0 Å². The van der Waals surface area contributed by atoms with E-state index < -0.39 is 4.92 Å². The van der Waals surface area contributed by atoms with Crippen molar-refractivity contribution in [3.05, 3.63) is 88.0 Å². The lowest BCUT2D eigenvalue weighted by Gasteiger charge is -2.08. The number of amidine groups is 1. The highest BCUT2D eigenvalue weighted by Crippen LogP contribution is 2.31. The summed E-state index contributed by atoms with van der Waals surface area (Å²) in [5, 5.41) is 24.0. The summed E-state index contributed by atoms with van der Waals surface area (Å²) in [7, 11) is 0. The summed E-state index contributed by atoms with van der Waals surface area (Å²) >= 11 is 0. The Morgan fingerprint density at radius 2 is 1.78 bits per heavy atom. The molecule has 0 radical (unpaired) electrons. The lowest BCUT2D eigenvalue weighted by Crippen LogP contribution is -2.00. The molecular formula is C20H15N5O2. The van der Waals surface area contributed by atoms with Crippen molar-refractivity contribution in [2.75, 3.05) is 0 Å². The predicted molar refractivity (Wildman–Crippen MR) is 104 cm³/mol. The van der Waals surface area contributed by atoms with Crippen LogP contribution in [0.4, 0.5) is 5.69 Å². The van der Waals surface area contributed by atoms with Crippen molar-refractivity contribution in [1.29, 1.82) is 10.9 Å². The maximum Gasteiger partial charge on any atom is 0.269 e. The van der Waals surface area contributed by atoms with E-state index in [4.69, 9.17) is 10.9 Å². The molecule has 4 aromatic rings. The van der Waals surface area contributed by atoms with Gasteiger partial charge in [-0.2, -0.15) is 0 Å². The van der Waals surface area contributed by atoms with Gasteiger partial charge >= 0.3 is 0 Å². The van der Waals surface area contributed by atoms with Gasteiger partial charge in [0.1, 0.15) is 0 Å². The zero-order valence-corrected chi connectivity index (χ0v) is 14.2. The number of non-ortho nitro benzene ring substituents is 1. The number of aromatic nitrogens is 1. The van der Waals surface area contributed by atoms with E-state index in [1.807, 2.05) is 42.5 Å². The van der Waals surface area contributed by atoms with Gasteiger partial charge in [0, 0.05) is 46.0 Å². The largest absolute Gasteiger partial charge is 0.336 e. The van der Waals surface area contributed by atoms with Gasteiger partial charge in [-0.1, -0.05) is 30.3 Å². The number of hydrogen-bond donors (Lipinski definition) is 2. The third kappa shape index (κ3) is 2.85. The third-order valence-electron chi connectivity index (χ3n) is 4.62. The molecule has 0 saturated heterocycles. The minimum Gasteiger partial charge on any atom is -0.336 e. The van der Waals surface area contributed by atoms with Crippen LogP contribution in [0.1, 0.15) is 11.1 Å². The second-order valence-corrected chi connectivity index (χ2v) is 6.22. The second-order valence-electron chi connectivity index (χ2n) is 6.22. The SMILES string of the molecule is N=NC(=N)c1ccc2c(c1)c1ccccc1n2Cc1cccc([N+](=O)[O-])c1. The molecule has 0 unspecified atom stereocenters. The molecule has 132 valence electrons. The Labute approximate surface area is 154 Å². The Kier molecular flexibility index (Phi) is 3.97. The summed E-state index contributed by atoms with van der Waals surface area (Å²) < 4.78 is 2.11. The lowest BCUT2D eigenvalue weighted by atomic mass is 10.1. The first kappa shape index (κ1) is 16.6. The highest BCUT2D eigenvalue weighted by molar-refractivity contribution is 6.11. The number of fused-ring (bicyclic) bond motifs is 3. The molecule has 1 aromatic heterocycles. The van der Waals surface area contributed by atoms with Gasteiger partial charge in [0.05, 0.1) is 4.92 Å². The fourth-order valence-electron chi connectivity index (χ4n) is 3.39. The number of benzene rings is 3. The molecular weight excluding hydrogens is 342 g/mol. The lowest BCUT2D eigenvalue weighted by molar-refractivity contribution is -0.384. The average molecular weight is 357 g/mol. The van der Waals surface area contributed by atoms with Gasteiger partial charge in [-0.15, -0.1) is 5.11 Å². The van der Waals surface area contributed by atoms with E-state index in [2.05, 4.69) is 9.68 Å². The number of nitro groups is 1. The van der Waals surface area contributed by atoms with Crippen molar-refractivity contribution in [2.24, 2.45) is 5.11 Å². The Morgan fingerprint density at radius 1 is 1.00 bits per heavy atom. The Bertz CT molecular complexity index is 1230. The average Bonchev–Trinajstić information content (AvgIpc) is 3.01. The summed E-state index contributed by atoms with van der Waals surface area (Å²) in [6.45, 7) is 0.491. The zero-order valence-electron chi connectivity index (χ0n) is 14.2.